The maximum absolute atomic E-state index is 13.5. The fourth-order valence-corrected chi connectivity index (χ4v) is 4.55. The quantitative estimate of drug-likeness (QED) is 0.359. The third-order valence-corrected chi connectivity index (χ3v) is 6.28. The molecule has 1 heterocycles. The van der Waals surface area contributed by atoms with Gasteiger partial charge in [0.1, 0.15) is 12.1 Å². The molecule has 0 aliphatic carbocycles. The van der Waals surface area contributed by atoms with Crippen molar-refractivity contribution < 1.29 is 23.9 Å². The van der Waals surface area contributed by atoms with Crippen molar-refractivity contribution in [3.8, 4) is 0 Å². The first-order chi connectivity index (χ1) is 17.0. The van der Waals surface area contributed by atoms with Crippen LogP contribution in [0.4, 0.5) is 5.69 Å². The van der Waals surface area contributed by atoms with E-state index >= 15 is 0 Å². The number of carbonyl (C=O) groups is 2. The molecule has 0 saturated carbocycles. The van der Waals surface area contributed by atoms with Crippen LogP contribution in [0, 0.1) is 12.3 Å². The summed E-state index contributed by atoms with van der Waals surface area (Å²) in [4.78, 5) is 33.5. The number of hydroxylamine groups is 1. The summed E-state index contributed by atoms with van der Waals surface area (Å²) in [6.45, 7) is 1.99. The van der Waals surface area contributed by atoms with Crippen molar-refractivity contribution in [1.82, 2.24) is 0 Å². The van der Waals surface area contributed by atoms with Gasteiger partial charge in [-0.25, -0.2) is 5.06 Å². The minimum absolute atomic E-state index is 0.0532. The highest BCUT2D eigenvalue weighted by molar-refractivity contribution is 6.02. The van der Waals surface area contributed by atoms with Crippen molar-refractivity contribution in [1.29, 1.82) is 0 Å². The second kappa shape index (κ2) is 10.6. The summed E-state index contributed by atoms with van der Waals surface area (Å²) in [7, 11) is 2.57. The first-order valence-corrected chi connectivity index (χ1v) is 11.5. The van der Waals surface area contributed by atoms with Crippen LogP contribution in [0.25, 0.3) is 6.08 Å². The molecule has 1 saturated heterocycles. The van der Waals surface area contributed by atoms with Gasteiger partial charge in [0.15, 0.2) is 5.41 Å². The average Bonchev–Trinajstić information content (AvgIpc) is 2.91. The third kappa shape index (κ3) is 4.84. The van der Waals surface area contributed by atoms with E-state index in [2.05, 4.69) is 0 Å². The number of anilines is 1. The predicted octanol–water partition coefficient (Wildman–Crippen LogP) is 5.29. The molecule has 180 valence electrons. The van der Waals surface area contributed by atoms with Crippen LogP contribution in [-0.2, 0) is 23.9 Å². The molecule has 35 heavy (non-hydrogen) atoms. The monoisotopic (exact) mass is 471 g/mol. The van der Waals surface area contributed by atoms with Crippen LogP contribution in [0.15, 0.2) is 91.0 Å². The molecule has 0 aromatic heterocycles. The van der Waals surface area contributed by atoms with E-state index in [0.29, 0.717) is 5.69 Å². The Morgan fingerprint density at radius 1 is 0.886 bits per heavy atom. The van der Waals surface area contributed by atoms with E-state index in [4.69, 9.17) is 14.3 Å². The van der Waals surface area contributed by atoms with Gasteiger partial charge < -0.3 is 9.47 Å². The molecule has 2 unspecified atom stereocenters. The Kier molecular flexibility index (Phi) is 7.32. The summed E-state index contributed by atoms with van der Waals surface area (Å²) in [6.07, 6.45) is 3.23. The van der Waals surface area contributed by atoms with Crippen LogP contribution in [-0.4, -0.2) is 32.3 Å². The molecule has 1 aliphatic heterocycles. The molecule has 1 fully saturated rings. The maximum atomic E-state index is 13.5. The number of ether oxygens (including phenoxy) is 2. The molecule has 0 amide bonds. The van der Waals surface area contributed by atoms with Gasteiger partial charge in [0.05, 0.1) is 19.9 Å². The number of hydrogen-bond donors (Lipinski definition) is 0. The Labute approximate surface area is 205 Å². The normalized spacial score (nSPS) is 19.3. The Morgan fingerprint density at radius 2 is 1.46 bits per heavy atom. The Morgan fingerprint density at radius 3 is 2.03 bits per heavy atom. The Bertz CT molecular complexity index is 1160. The lowest BCUT2D eigenvalue weighted by atomic mass is 9.71. The molecular formula is C29H29NO5. The van der Waals surface area contributed by atoms with Gasteiger partial charge in [-0.3, -0.25) is 14.4 Å². The van der Waals surface area contributed by atoms with Crippen molar-refractivity contribution >= 4 is 23.7 Å². The van der Waals surface area contributed by atoms with E-state index in [1.165, 1.54) is 14.2 Å². The summed E-state index contributed by atoms with van der Waals surface area (Å²) >= 11 is 0. The minimum Gasteiger partial charge on any atom is -0.468 e. The molecule has 6 heteroatoms. The number of nitrogens with zero attached hydrogens (tertiary/aromatic N) is 1. The molecule has 0 spiro atoms. The number of benzene rings is 3. The van der Waals surface area contributed by atoms with Crippen LogP contribution in [0.2, 0.25) is 0 Å². The van der Waals surface area contributed by atoms with Gasteiger partial charge >= 0.3 is 11.9 Å². The van der Waals surface area contributed by atoms with Gasteiger partial charge in [0.25, 0.3) is 0 Å². The minimum atomic E-state index is -1.67. The van der Waals surface area contributed by atoms with E-state index < -0.39 is 29.5 Å². The van der Waals surface area contributed by atoms with Crippen LogP contribution in [0.1, 0.15) is 29.2 Å². The van der Waals surface area contributed by atoms with Crippen LogP contribution in [0.5, 0.6) is 0 Å². The molecule has 3 aromatic rings. The molecule has 1 aliphatic rings. The lowest BCUT2D eigenvalue weighted by molar-refractivity contribution is -0.183. The van der Waals surface area contributed by atoms with Crippen LogP contribution < -0.4 is 5.06 Å². The average molecular weight is 472 g/mol. The number of aryl methyl sites for hydroxylation is 1. The third-order valence-electron chi connectivity index (χ3n) is 6.28. The molecule has 0 bridgehead atoms. The van der Waals surface area contributed by atoms with Crippen molar-refractivity contribution in [2.24, 2.45) is 5.41 Å². The summed E-state index contributed by atoms with van der Waals surface area (Å²) < 4.78 is 10.5. The molecular weight excluding hydrogens is 442 g/mol. The summed E-state index contributed by atoms with van der Waals surface area (Å²) in [5.41, 5.74) is 1.83. The fraction of sp³-hybridized carbons (Fsp3) is 0.241. The highest BCUT2D eigenvalue weighted by Crippen LogP contribution is 2.50. The van der Waals surface area contributed by atoms with Crippen molar-refractivity contribution in [3.05, 3.63) is 108 Å². The summed E-state index contributed by atoms with van der Waals surface area (Å²) in [6, 6.07) is 26.1. The molecule has 4 rings (SSSR count). The zero-order valence-corrected chi connectivity index (χ0v) is 20.1. The maximum Gasteiger partial charge on any atom is 0.325 e. The molecule has 0 N–H and O–H groups in total. The highest BCUT2D eigenvalue weighted by atomic mass is 16.7. The van der Waals surface area contributed by atoms with Gasteiger partial charge in [-0.1, -0.05) is 90.5 Å². The second-order valence-electron chi connectivity index (χ2n) is 8.55. The van der Waals surface area contributed by atoms with E-state index in [-0.39, 0.29) is 6.42 Å². The smallest absolute Gasteiger partial charge is 0.325 e. The zero-order chi connectivity index (χ0) is 24.8. The first-order valence-electron chi connectivity index (χ1n) is 11.5. The van der Waals surface area contributed by atoms with E-state index in [0.717, 1.165) is 16.7 Å². The van der Waals surface area contributed by atoms with Crippen molar-refractivity contribution in [2.75, 3.05) is 19.3 Å². The van der Waals surface area contributed by atoms with Gasteiger partial charge in [0.2, 0.25) is 0 Å². The van der Waals surface area contributed by atoms with Gasteiger partial charge in [0, 0.05) is 6.42 Å². The number of esters is 2. The zero-order valence-electron chi connectivity index (χ0n) is 20.1. The van der Waals surface area contributed by atoms with Crippen LogP contribution in [0.3, 0.4) is 0 Å². The highest BCUT2D eigenvalue weighted by Gasteiger charge is 2.61. The Hall–Kier alpha value is -3.90. The van der Waals surface area contributed by atoms with Gasteiger partial charge in [-0.05, 0) is 30.2 Å². The van der Waals surface area contributed by atoms with E-state index in [9.17, 15) is 9.59 Å². The number of hydrogen-bond acceptors (Lipinski definition) is 6. The van der Waals surface area contributed by atoms with E-state index in [1.807, 2.05) is 104 Å². The molecule has 6 nitrogen and oxygen atoms in total. The predicted molar refractivity (Wildman–Crippen MR) is 134 cm³/mol. The SMILES string of the molecule is COC(=O)C1(C(=O)OC)CC(/C=C/c2ccccc2)ON(c2ccc(C)cc2)C1c1ccccc1. The largest absolute Gasteiger partial charge is 0.468 e. The van der Waals surface area contributed by atoms with Crippen molar-refractivity contribution in [3.63, 3.8) is 0 Å². The molecule has 0 radical (unpaired) electrons. The molecule has 2 atom stereocenters. The standard InChI is InChI=1S/C29H29NO5/c1-21-14-17-24(18-15-21)30-26(23-12-8-5-9-13-23)29(27(31)33-2,28(32)34-3)20-25(35-30)19-16-22-10-6-4-7-11-22/h4-19,25-26H,20H2,1-3H3/b19-16+. The second-order valence-corrected chi connectivity index (χ2v) is 8.55. The molecule has 3 aromatic carbocycles. The van der Waals surface area contributed by atoms with Gasteiger partial charge in [-0.2, -0.15) is 0 Å². The lowest BCUT2D eigenvalue weighted by Gasteiger charge is -2.48. The lowest BCUT2D eigenvalue weighted by Crippen LogP contribution is -2.58. The van der Waals surface area contributed by atoms with Crippen molar-refractivity contribution in [2.45, 2.75) is 25.5 Å². The van der Waals surface area contributed by atoms with Gasteiger partial charge in [-0.15, -0.1) is 0 Å². The first kappa shape index (κ1) is 24.2. The van der Waals surface area contributed by atoms with Crippen LogP contribution >= 0.6 is 0 Å². The van der Waals surface area contributed by atoms with E-state index in [1.54, 1.807) is 5.06 Å². The number of carbonyl (C=O) groups excluding carboxylic acids is 2. The Balaban J connectivity index is 1.89. The number of rotatable bonds is 6. The number of methoxy groups -OCH3 is 2. The fourth-order valence-electron chi connectivity index (χ4n) is 4.55. The topological polar surface area (TPSA) is 65.1 Å². The summed E-state index contributed by atoms with van der Waals surface area (Å²) in [5.74, 6) is -1.34. The summed E-state index contributed by atoms with van der Waals surface area (Å²) in [5, 5.41) is 1.64.